The van der Waals surface area contributed by atoms with Crippen LogP contribution in [0.5, 0.6) is 0 Å². The topological polar surface area (TPSA) is 67.7 Å². The van der Waals surface area contributed by atoms with Crippen LogP contribution in [-0.4, -0.2) is 15.6 Å². The van der Waals surface area contributed by atoms with E-state index in [1.165, 1.54) is 0 Å². The van der Waals surface area contributed by atoms with E-state index in [0.29, 0.717) is 12.3 Å². The number of aromatic nitrogens is 2. The zero-order chi connectivity index (χ0) is 10.7. The molecule has 3 N–H and O–H groups in total. The molecule has 0 unspecified atom stereocenters. The lowest BCUT2D eigenvalue weighted by Crippen LogP contribution is -2.14. The average Bonchev–Trinajstić information content (AvgIpc) is 2.34. The Morgan fingerprint density at radius 1 is 1.64 bits per heavy atom. The Bertz CT molecular complexity index is 325. The van der Waals surface area contributed by atoms with E-state index in [2.05, 4.69) is 18.9 Å². The van der Waals surface area contributed by atoms with E-state index in [0.717, 1.165) is 17.8 Å². The highest BCUT2D eigenvalue weighted by Crippen LogP contribution is 2.09. The van der Waals surface area contributed by atoms with Crippen LogP contribution in [0, 0.1) is 18.3 Å². The van der Waals surface area contributed by atoms with Gasteiger partial charge in [0.25, 0.3) is 0 Å². The molecule has 0 aromatic carbocycles. The summed E-state index contributed by atoms with van der Waals surface area (Å²) in [7, 11) is 0. The van der Waals surface area contributed by atoms with Crippen molar-refractivity contribution in [3.8, 4) is 0 Å². The number of nitrogens with zero attached hydrogens (tertiary/aromatic N) is 2. The fraction of sp³-hybridized carbons (Fsp3) is 0.600. The van der Waals surface area contributed by atoms with Gasteiger partial charge in [-0.1, -0.05) is 13.8 Å². The first-order valence-electron chi connectivity index (χ1n) is 4.85. The Balaban J connectivity index is 2.79. The van der Waals surface area contributed by atoms with Gasteiger partial charge in [-0.05, 0) is 12.8 Å². The van der Waals surface area contributed by atoms with E-state index < -0.39 is 0 Å². The first kappa shape index (κ1) is 10.8. The van der Waals surface area contributed by atoms with E-state index in [-0.39, 0.29) is 5.84 Å². The van der Waals surface area contributed by atoms with Gasteiger partial charge in [-0.25, -0.2) is 0 Å². The van der Waals surface area contributed by atoms with Gasteiger partial charge in [0.2, 0.25) is 0 Å². The quantitative estimate of drug-likeness (QED) is 0.561. The van der Waals surface area contributed by atoms with Crippen molar-refractivity contribution < 1.29 is 0 Å². The van der Waals surface area contributed by atoms with Crippen molar-refractivity contribution in [3.63, 3.8) is 0 Å². The van der Waals surface area contributed by atoms with Crippen molar-refractivity contribution in [2.24, 2.45) is 11.7 Å². The second-order valence-corrected chi connectivity index (χ2v) is 4.03. The van der Waals surface area contributed by atoms with Gasteiger partial charge < -0.3 is 5.73 Å². The Morgan fingerprint density at radius 3 is 2.79 bits per heavy atom. The zero-order valence-electron chi connectivity index (χ0n) is 9.04. The summed E-state index contributed by atoms with van der Waals surface area (Å²) in [6, 6.07) is 0. The van der Waals surface area contributed by atoms with Gasteiger partial charge >= 0.3 is 0 Å². The van der Waals surface area contributed by atoms with Gasteiger partial charge in [0, 0.05) is 24.2 Å². The number of hydrogen-bond donors (Lipinski definition) is 2. The van der Waals surface area contributed by atoms with Crippen LogP contribution in [-0.2, 0) is 13.0 Å². The van der Waals surface area contributed by atoms with Crippen LogP contribution >= 0.6 is 0 Å². The lowest BCUT2D eigenvalue weighted by molar-refractivity contribution is 0.474. The van der Waals surface area contributed by atoms with Crippen LogP contribution in [0.25, 0.3) is 0 Å². The highest BCUT2D eigenvalue weighted by molar-refractivity contribution is 5.79. The monoisotopic (exact) mass is 194 g/mol. The van der Waals surface area contributed by atoms with Crippen LogP contribution in [0.2, 0.25) is 0 Å². The van der Waals surface area contributed by atoms with Crippen molar-refractivity contribution >= 4 is 5.84 Å². The molecule has 0 bridgehead atoms. The molecule has 0 aliphatic rings. The minimum atomic E-state index is 0.192. The van der Waals surface area contributed by atoms with E-state index in [1.807, 2.05) is 11.6 Å². The van der Waals surface area contributed by atoms with Gasteiger partial charge in [0.1, 0.15) is 0 Å². The highest BCUT2D eigenvalue weighted by Gasteiger charge is 2.07. The molecular weight excluding hydrogens is 176 g/mol. The van der Waals surface area contributed by atoms with Crippen LogP contribution in [0.4, 0.5) is 0 Å². The molecule has 1 aromatic rings. The number of amidine groups is 1. The lowest BCUT2D eigenvalue weighted by Gasteiger charge is -2.07. The molecule has 0 atom stereocenters. The summed E-state index contributed by atoms with van der Waals surface area (Å²) in [4.78, 5) is 0. The molecule has 14 heavy (non-hydrogen) atoms. The van der Waals surface area contributed by atoms with E-state index in [4.69, 9.17) is 11.1 Å². The fourth-order valence-corrected chi connectivity index (χ4v) is 1.39. The Hall–Kier alpha value is -1.32. The summed E-state index contributed by atoms with van der Waals surface area (Å²) in [5.74, 6) is 0.774. The molecule has 4 heteroatoms. The molecular formula is C10H18N4. The molecule has 1 aromatic heterocycles. The van der Waals surface area contributed by atoms with Crippen LogP contribution in [0.15, 0.2) is 6.20 Å². The minimum Gasteiger partial charge on any atom is -0.387 e. The van der Waals surface area contributed by atoms with Crippen LogP contribution < -0.4 is 5.73 Å². The second-order valence-electron chi connectivity index (χ2n) is 4.03. The molecule has 0 spiro atoms. The van der Waals surface area contributed by atoms with E-state index in [9.17, 15) is 0 Å². The minimum absolute atomic E-state index is 0.192. The molecule has 0 radical (unpaired) electrons. The first-order valence-corrected chi connectivity index (χ1v) is 4.85. The van der Waals surface area contributed by atoms with Gasteiger partial charge in [-0.2, -0.15) is 5.10 Å². The van der Waals surface area contributed by atoms with E-state index >= 15 is 0 Å². The molecule has 0 aliphatic heterocycles. The molecule has 4 nitrogen and oxygen atoms in total. The molecule has 1 rings (SSSR count). The lowest BCUT2D eigenvalue weighted by atomic mass is 10.2. The molecule has 0 fully saturated rings. The van der Waals surface area contributed by atoms with Crippen molar-refractivity contribution in [3.05, 3.63) is 17.5 Å². The maximum Gasteiger partial charge on any atom is 0.0951 e. The Morgan fingerprint density at radius 2 is 2.29 bits per heavy atom. The smallest absolute Gasteiger partial charge is 0.0951 e. The van der Waals surface area contributed by atoms with Crippen molar-refractivity contribution in [2.45, 2.75) is 33.7 Å². The van der Waals surface area contributed by atoms with Gasteiger partial charge in [0.15, 0.2) is 0 Å². The maximum atomic E-state index is 7.22. The second kappa shape index (κ2) is 4.26. The Labute approximate surface area is 84.6 Å². The zero-order valence-corrected chi connectivity index (χ0v) is 9.04. The van der Waals surface area contributed by atoms with Crippen LogP contribution in [0.1, 0.15) is 25.1 Å². The maximum absolute atomic E-state index is 7.22. The van der Waals surface area contributed by atoms with Crippen molar-refractivity contribution in [1.82, 2.24) is 9.78 Å². The predicted molar refractivity (Wildman–Crippen MR) is 57.4 cm³/mol. The summed E-state index contributed by atoms with van der Waals surface area (Å²) in [6.07, 6.45) is 2.31. The fourth-order valence-electron chi connectivity index (χ4n) is 1.39. The third kappa shape index (κ3) is 2.58. The van der Waals surface area contributed by atoms with Crippen LogP contribution in [0.3, 0.4) is 0 Å². The molecule has 78 valence electrons. The molecule has 0 saturated heterocycles. The van der Waals surface area contributed by atoms with Gasteiger partial charge in [-0.3, -0.25) is 10.1 Å². The summed E-state index contributed by atoms with van der Waals surface area (Å²) in [6.45, 7) is 7.26. The summed E-state index contributed by atoms with van der Waals surface area (Å²) >= 11 is 0. The van der Waals surface area contributed by atoms with E-state index in [1.54, 1.807) is 6.20 Å². The number of rotatable bonds is 4. The number of nitrogens with one attached hydrogen (secondary N) is 1. The molecule has 1 heterocycles. The molecule has 0 amide bonds. The summed E-state index contributed by atoms with van der Waals surface area (Å²) in [5, 5.41) is 11.5. The summed E-state index contributed by atoms with van der Waals surface area (Å²) in [5.41, 5.74) is 7.52. The third-order valence-electron chi connectivity index (χ3n) is 2.12. The predicted octanol–water partition coefficient (Wildman–Crippen LogP) is 1.33. The molecule has 0 aliphatic carbocycles. The standard InChI is InChI=1S/C10H18N4/c1-7(2)6-14-8(3)9(5-13-14)4-10(11)12/h5,7H,4,6H2,1-3H3,(H3,11,12). The van der Waals surface area contributed by atoms with Gasteiger partial charge in [-0.15, -0.1) is 0 Å². The van der Waals surface area contributed by atoms with Crippen molar-refractivity contribution in [1.29, 1.82) is 5.41 Å². The molecule has 0 saturated carbocycles. The van der Waals surface area contributed by atoms with Gasteiger partial charge in [0.05, 0.1) is 12.0 Å². The normalized spacial score (nSPS) is 10.9. The average molecular weight is 194 g/mol. The third-order valence-corrected chi connectivity index (χ3v) is 2.12. The number of hydrogen-bond acceptors (Lipinski definition) is 2. The van der Waals surface area contributed by atoms with Crippen molar-refractivity contribution in [2.75, 3.05) is 0 Å². The number of nitrogens with two attached hydrogens (primary N) is 1. The SMILES string of the molecule is Cc1c(CC(=N)N)cnn1CC(C)C. The largest absolute Gasteiger partial charge is 0.387 e. The first-order chi connectivity index (χ1) is 6.50. The Kier molecular flexibility index (Phi) is 3.28. The summed E-state index contributed by atoms with van der Waals surface area (Å²) < 4.78 is 1.98. The highest BCUT2D eigenvalue weighted by atomic mass is 15.3.